The maximum atomic E-state index is 13.5. The van der Waals surface area contributed by atoms with Crippen LogP contribution in [0.4, 0.5) is 0 Å². The number of fused-ring (bicyclic) bond motifs is 1. The lowest BCUT2D eigenvalue weighted by Gasteiger charge is -2.12. The Labute approximate surface area is 200 Å². The average molecular weight is 457 g/mol. The first-order chi connectivity index (χ1) is 17.2. The van der Waals surface area contributed by atoms with Crippen molar-refractivity contribution < 1.29 is 9.21 Å². The molecule has 0 fully saturated rings. The lowest BCUT2D eigenvalue weighted by Crippen LogP contribution is -2.23. The van der Waals surface area contributed by atoms with Crippen LogP contribution < -0.4 is 5.43 Å². The third kappa shape index (κ3) is 4.06. The lowest BCUT2D eigenvalue weighted by atomic mass is 9.99. The molecule has 7 nitrogen and oxygen atoms in total. The van der Waals surface area contributed by atoms with Crippen molar-refractivity contribution in [3.8, 4) is 33.8 Å². The van der Waals surface area contributed by atoms with E-state index >= 15 is 0 Å². The van der Waals surface area contributed by atoms with Gasteiger partial charge in [-0.3, -0.25) is 9.78 Å². The number of nitrogens with zero attached hydrogens (tertiary/aromatic N) is 4. The lowest BCUT2D eigenvalue weighted by molar-refractivity contribution is 0.101. The molecule has 168 valence electrons. The number of amides is 1. The van der Waals surface area contributed by atoms with Gasteiger partial charge in [-0.2, -0.15) is 4.79 Å². The largest absolute Gasteiger partial charge is 0.463 e. The zero-order valence-corrected chi connectivity index (χ0v) is 18.5. The molecule has 0 bridgehead atoms. The first kappa shape index (κ1) is 20.6. The van der Waals surface area contributed by atoms with Gasteiger partial charge in [0.25, 0.3) is 5.91 Å². The van der Waals surface area contributed by atoms with Gasteiger partial charge in [-0.1, -0.05) is 42.5 Å². The van der Waals surface area contributed by atoms with E-state index in [1.54, 1.807) is 37.0 Å². The molecule has 6 rings (SSSR count). The number of furan rings is 1. The zero-order chi connectivity index (χ0) is 23.6. The van der Waals surface area contributed by atoms with Crippen LogP contribution in [0, 0.1) is 0 Å². The van der Waals surface area contributed by atoms with Gasteiger partial charge in [-0.25, -0.2) is 10.4 Å². The summed E-state index contributed by atoms with van der Waals surface area (Å²) in [6.45, 7) is 0. The second-order valence-corrected chi connectivity index (χ2v) is 7.96. The Kier molecular flexibility index (Phi) is 5.12. The van der Waals surface area contributed by atoms with Crippen LogP contribution in [0.25, 0.3) is 44.7 Å². The van der Waals surface area contributed by atoms with E-state index in [1.807, 2.05) is 72.8 Å². The van der Waals surface area contributed by atoms with Crippen LogP contribution in [-0.2, 0) is 0 Å². The van der Waals surface area contributed by atoms with Crippen LogP contribution in [0.5, 0.6) is 0 Å². The zero-order valence-electron chi connectivity index (χ0n) is 18.5. The molecule has 0 aliphatic carbocycles. The van der Waals surface area contributed by atoms with E-state index in [9.17, 15) is 4.79 Å². The van der Waals surface area contributed by atoms with E-state index in [2.05, 4.69) is 15.5 Å². The fourth-order valence-electron chi connectivity index (χ4n) is 3.99. The quantitative estimate of drug-likeness (QED) is 0.353. The maximum Gasteiger partial charge on any atom is 0.272 e. The first-order valence-corrected chi connectivity index (χ1v) is 11.1. The van der Waals surface area contributed by atoms with Gasteiger partial charge in [0.05, 0.1) is 23.0 Å². The standard InChI is InChI=1S/C28H19N5O2/c34-28(32-33-14-12-25(31-33)27-9-5-15-35-27)23-17-26(19-6-2-1-3-7-19)30-24-11-10-20(16-22(23)24)21-8-4-13-29-18-21/h1-18H,(H,32,34). The van der Waals surface area contributed by atoms with Gasteiger partial charge in [0.2, 0.25) is 0 Å². The number of benzene rings is 2. The molecule has 1 N–H and O–H groups in total. The van der Waals surface area contributed by atoms with Crippen LogP contribution in [0.2, 0.25) is 0 Å². The maximum absolute atomic E-state index is 13.5. The van der Waals surface area contributed by atoms with E-state index in [4.69, 9.17) is 9.40 Å². The average Bonchev–Trinajstić information content (AvgIpc) is 3.61. The number of pyridine rings is 2. The smallest absolute Gasteiger partial charge is 0.272 e. The summed E-state index contributed by atoms with van der Waals surface area (Å²) in [5, 5.41) is 5.15. The molecular formula is C28H19N5O2. The Morgan fingerprint density at radius 3 is 2.51 bits per heavy atom. The van der Waals surface area contributed by atoms with Crippen LogP contribution in [0.15, 0.2) is 114 Å². The summed E-state index contributed by atoms with van der Waals surface area (Å²) < 4.78 is 5.40. The summed E-state index contributed by atoms with van der Waals surface area (Å²) in [6.07, 6.45) is 6.80. The predicted molar refractivity (Wildman–Crippen MR) is 134 cm³/mol. The molecule has 7 heteroatoms. The second kappa shape index (κ2) is 8.72. The summed E-state index contributed by atoms with van der Waals surface area (Å²) in [6, 6.07) is 26.8. The highest BCUT2D eigenvalue weighted by Gasteiger charge is 2.16. The number of carbonyl (C=O) groups is 1. The van der Waals surface area contributed by atoms with Crippen molar-refractivity contribution in [2.75, 3.05) is 5.43 Å². The van der Waals surface area contributed by atoms with Crippen molar-refractivity contribution in [2.45, 2.75) is 0 Å². The van der Waals surface area contributed by atoms with Crippen LogP contribution in [0.3, 0.4) is 0 Å². The number of aromatic nitrogens is 4. The first-order valence-electron chi connectivity index (χ1n) is 11.1. The Bertz CT molecular complexity index is 1620. The van der Waals surface area contributed by atoms with Crippen molar-refractivity contribution in [1.29, 1.82) is 0 Å². The minimum Gasteiger partial charge on any atom is -0.463 e. The molecule has 1 amide bonds. The summed E-state index contributed by atoms with van der Waals surface area (Å²) in [5.41, 5.74) is 8.26. The highest BCUT2D eigenvalue weighted by molar-refractivity contribution is 6.11. The second-order valence-electron chi connectivity index (χ2n) is 7.96. The molecule has 6 aromatic rings. The van der Waals surface area contributed by atoms with Crippen molar-refractivity contribution in [1.82, 2.24) is 19.9 Å². The molecule has 4 aromatic heterocycles. The summed E-state index contributed by atoms with van der Waals surface area (Å²) >= 11 is 0. The Balaban J connectivity index is 1.44. The number of rotatable bonds is 5. The molecule has 0 saturated carbocycles. The molecule has 0 saturated heterocycles. The molecule has 35 heavy (non-hydrogen) atoms. The van der Waals surface area contributed by atoms with Crippen molar-refractivity contribution in [2.24, 2.45) is 0 Å². The summed E-state index contributed by atoms with van der Waals surface area (Å²) in [7, 11) is 0. The topological polar surface area (TPSA) is 85.8 Å². The van der Waals surface area contributed by atoms with Gasteiger partial charge in [0, 0.05) is 35.1 Å². The van der Waals surface area contributed by atoms with Crippen molar-refractivity contribution >= 4 is 16.8 Å². The third-order valence-corrected chi connectivity index (χ3v) is 5.70. The van der Waals surface area contributed by atoms with Crippen LogP contribution in [0.1, 0.15) is 10.4 Å². The molecule has 2 aromatic carbocycles. The highest BCUT2D eigenvalue weighted by atomic mass is 16.3. The summed E-state index contributed by atoms with van der Waals surface area (Å²) in [5.74, 6) is 0.326. The SMILES string of the molecule is O=C(Nn1ccc(-c2ccco2)n1)c1cc(-c2ccccc2)nc2ccc(-c3cccnc3)cc12. The van der Waals surface area contributed by atoms with E-state index in [0.717, 1.165) is 27.6 Å². The van der Waals surface area contributed by atoms with Gasteiger partial charge < -0.3 is 4.42 Å². The Hall–Kier alpha value is -5.04. The molecule has 0 radical (unpaired) electrons. The van der Waals surface area contributed by atoms with Gasteiger partial charge in [-0.15, -0.1) is 5.10 Å². The van der Waals surface area contributed by atoms with Gasteiger partial charge >= 0.3 is 0 Å². The van der Waals surface area contributed by atoms with Gasteiger partial charge in [0.15, 0.2) is 5.76 Å². The fourth-order valence-corrected chi connectivity index (χ4v) is 3.99. The fraction of sp³-hybridized carbons (Fsp3) is 0. The van der Waals surface area contributed by atoms with Crippen LogP contribution >= 0.6 is 0 Å². The molecule has 0 aliphatic heterocycles. The highest BCUT2D eigenvalue weighted by Crippen LogP contribution is 2.29. The van der Waals surface area contributed by atoms with Crippen molar-refractivity contribution in [3.05, 3.63) is 115 Å². The normalized spacial score (nSPS) is 11.0. The van der Waals surface area contributed by atoms with E-state index in [0.29, 0.717) is 22.7 Å². The van der Waals surface area contributed by atoms with Gasteiger partial charge in [0.1, 0.15) is 5.69 Å². The van der Waals surface area contributed by atoms with E-state index in [1.165, 1.54) is 4.79 Å². The Morgan fingerprint density at radius 1 is 0.829 bits per heavy atom. The van der Waals surface area contributed by atoms with Crippen molar-refractivity contribution in [3.63, 3.8) is 0 Å². The molecule has 0 atom stereocenters. The van der Waals surface area contributed by atoms with Crippen LogP contribution in [-0.4, -0.2) is 25.8 Å². The summed E-state index contributed by atoms with van der Waals surface area (Å²) in [4.78, 5) is 24.0. The van der Waals surface area contributed by atoms with E-state index < -0.39 is 0 Å². The molecule has 0 spiro atoms. The monoisotopic (exact) mass is 457 g/mol. The minimum absolute atomic E-state index is 0.299. The predicted octanol–water partition coefficient (Wildman–Crippen LogP) is 5.80. The number of hydrogen-bond acceptors (Lipinski definition) is 5. The Morgan fingerprint density at radius 2 is 1.71 bits per heavy atom. The molecule has 0 unspecified atom stereocenters. The number of carbonyl (C=O) groups excluding carboxylic acids is 1. The number of nitrogens with one attached hydrogen (secondary N) is 1. The molecule has 4 heterocycles. The molecular weight excluding hydrogens is 438 g/mol. The third-order valence-electron chi connectivity index (χ3n) is 5.70. The molecule has 0 aliphatic rings. The number of hydrogen-bond donors (Lipinski definition) is 1. The minimum atomic E-state index is -0.299. The van der Waals surface area contributed by atoms with Gasteiger partial charge in [-0.05, 0) is 48.0 Å². The van der Waals surface area contributed by atoms with E-state index in [-0.39, 0.29) is 5.91 Å².